The first-order valence-electron chi connectivity index (χ1n) is 7.62. The molecular formula is C17H17ClN4O2S. The minimum atomic E-state index is -0.403. The van der Waals surface area contributed by atoms with Gasteiger partial charge < -0.3 is 21.1 Å². The number of thiazole rings is 1. The van der Waals surface area contributed by atoms with Crippen LogP contribution in [0.2, 0.25) is 5.02 Å². The smallest absolute Gasteiger partial charge is 0.268 e. The molecule has 0 saturated heterocycles. The summed E-state index contributed by atoms with van der Waals surface area (Å²) in [6.07, 6.45) is 1.59. The minimum absolute atomic E-state index is 0.0794. The lowest BCUT2D eigenvalue weighted by atomic mass is 10.2. The molecular weight excluding hydrogens is 360 g/mol. The van der Waals surface area contributed by atoms with E-state index in [1.165, 1.54) is 11.3 Å². The molecule has 1 atom stereocenters. The molecule has 1 amide bonds. The van der Waals surface area contributed by atoms with Gasteiger partial charge in [0.05, 0.1) is 17.5 Å². The number of carbonyl (C=O) groups is 1. The molecule has 0 saturated carbocycles. The monoisotopic (exact) mass is 376 g/mol. The molecule has 2 heterocycles. The van der Waals surface area contributed by atoms with Gasteiger partial charge >= 0.3 is 0 Å². The normalized spacial score (nSPS) is 12.1. The summed E-state index contributed by atoms with van der Waals surface area (Å²) in [5.74, 6) is -0.267. The molecule has 3 rings (SSSR count). The number of amides is 1. The maximum absolute atomic E-state index is 12.5. The van der Waals surface area contributed by atoms with Crippen LogP contribution in [0.25, 0.3) is 11.3 Å². The predicted molar refractivity (Wildman–Crippen MR) is 98.5 cm³/mol. The summed E-state index contributed by atoms with van der Waals surface area (Å²) in [5.41, 5.74) is 7.95. The Kier molecular flexibility index (Phi) is 5.50. The van der Waals surface area contributed by atoms with E-state index < -0.39 is 6.04 Å². The van der Waals surface area contributed by atoms with Crippen molar-refractivity contribution in [3.05, 3.63) is 63.2 Å². The molecule has 5 N–H and O–H groups in total. The zero-order valence-corrected chi connectivity index (χ0v) is 14.8. The van der Waals surface area contributed by atoms with Crippen molar-refractivity contribution in [2.75, 3.05) is 6.54 Å². The number of nitrogens with two attached hydrogens (primary N) is 1. The minimum Gasteiger partial charge on any atom is -0.391 e. The van der Waals surface area contributed by atoms with Crippen LogP contribution in [0.5, 0.6) is 0 Å². The van der Waals surface area contributed by atoms with Gasteiger partial charge in [-0.3, -0.25) is 4.79 Å². The number of nitrogens with zero attached hydrogens (tertiary/aromatic N) is 1. The molecule has 0 radical (unpaired) electrons. The fourth-order valence-electron chi connectivity index (χ4n) is 2.34. The van der Waals surface area contributed by atoms with Gasteiger partial charge in [-0.15, -0.1) is 11.3 Å². The lowest BCUT2D eigenvalue weighted by Gasteiger charge is -2.13. The number of aromatic amines is 1. The number of aliphatic hydroxyl groups excluding tert-OH is 1. The fourth-order valence-corrected chi connectivity index (χ4v) is 3.31. The van der Waals surface area contributed by atoms with E-state index in [9.17, 15) is 4.79 Å². The summed E-state index contributed by atoms with van der Waals surface area (Å²) >= 11 is 7.22. The molecule has 25 heavy (non-hydrogen) atoms. The zero-order chi connectivity index (χ0) is 17.8. The van der Waals surface area contributed by atoms with Crippen LogP contribution in [-0.4, -0.2) is 27.5 Å². The van der Waals surface area contributed by atoms with E-state index in [4.69, 9.17) is 22.4 Å². The van der Waals surface area contributed by atoms with Crippen molar-refractivity contribution in [2.24, 2.45) is 5.73 Å². The van der Waals surface area contributed by atoms with E-state index >= 15 is 0 Å². The largest absolute Gasteiger partial charge is 0.391 e. The van der Waals surface area contributed by atoms with E-state index in [0.29, 0.717) is 15.7 Å². The fraction of sp³-hybridized carbons (Fsp3) is 0.176. The molecule has 130 valence electrons. The Labute approximate surface area is 153 Å². The summed E-state index contributed by atoms with van der Waals surface area (Å²) in [6, 6.07) is 10.5. The van der Waals surface area contributed by atoms with Crippen LogP contribution < -0.4 is 11.1 Å². The van der Waals surface area contributed by atoms with Gasteiger partial charge in [-0.05, 0) is 29.8 Å². The number of benzene rings is 1. The topological polar surface area (TPSA) is 104 Å². The van der Waals surface area contributed by atoms with Crippen molar-refractivity contribution in [3.63, 3.8) is 0 Å². The highest BCUT2D eigenvalue weighted by atomic mass is 35.5. The van der Waals surface area contributed by atoms with E-state index in [2.05, 4.69) is 15.3 Å². The van der Waals surface area contributed by atoms with Gasteiger partial charge in [-0.25, -0.2) is 4.98 Å². The highest BCUT2D eigenvalue weighted by molar-refractivity contribution is 7.11. The molecule has 0 spiro atoms. The molecule has 1 aromatic carbocycles. The summed E-state index contributed by atoms with van der Waals surface area (Å²) < 4.78 is 0. The highest BCUT2D eigenvalue weighted by Gasteiger charge is 2.18. The van der Waals surface area contributed by atoms with Gasteiger partial charge in [0.2, 0.25) is 0 Å². The van der Waals surface area contributed by atoms with E-state index in [0.717, 1.165) is 16.1 Å². The lowest BCUT2D eigenvalue weighted by Crippen LogP contribution is -2.33. The van der Waals surface area contributed by atoms with Gasteiger partial charge in [0.1, 0.15) is 10.7 Å². The van der Waals surface area contributed by atoms with E-state index in [1.807, 2.05) is 18.2 Å². The van der Waals surface area contributed by atoms with Crippen molar-refractivity contribution in [3.8, 4) is 11.3 Å². The zero-order valence-electron chi connectivity index (χ0n) is 13.2. The number of carbonyl (C=O) groups excluding carboxylic acids is 1. The Morgan fingerprint density at radius 1 is 1.32 bits per heavy atom. The number of hydrogen-bond acceptors (Lipinski definition) is 5. The standard InChI is InChI=1S/C17H17ClN4O2S/c18-11-3-1-10(2-4-11)13-5-6-14(21-13)16(24)22-15(7-19)17-20-8-12(9-23)25-17/h1-6,8,15,21,23H,7,9,19H2,(H,22,24). The number of rotatable bonds is 6. The molecule has 0 aliphatic heterocycles. The summed E-state index contributed by atoms with van der Waals surface area (Å²) in [4.78, 5) is 20.5. The van der Waals surface area contributed by atoms with Crippen molar-refractivity contribution in [2.45, 2.75) is 12.6 Å². The molecule has 6 nitrogen and oxygen atoms in total. The van der Waals surface area contributed by atoms with Crippen LogP contribution in [0.15, 0.2) is 42.6 Å². The number of aliphatic hydroxyl groups is 1. The van der Waals surface area contributed by atoms with Gasteiger partial charge in [0.25, 0.3) is 5.91 Å². The second kappa shape index (κ2) is 7.79. The van der Waals surface area contributed by atoms with E-state index in [-0.39, 0.29) is 19.1 Å². The molecule has 0 bridgehead atoms. The van der Waals surface area contributed by atoms with Crippen LogP contribution in [0, 0.1) is 0 Å². The quantitative estimate of drug-likeness (QED) is 0.531. The third-order valence-electron chi connectivity index (χ3n) is 3.65. The third kappa shape index (κ3) is 4.08. The van der Waals surface area contributed by atoms with Crippen molar-refractivity contribution < 1.29 is 9.90 Å². The van der Waals surface area contributed by atoms with Crippen molar-refractivity contribution in [1.82, 2.24) is 15.3 Å². The molecule has 0 aliphatic carbocycles. The first-order chi connectivity index (χ1) is 12.1. The Bertz CT molecular complexity index is 860. The van der Waals surface area contributed by atoms with Crippen LogP contribution in [-0.2, 0) is 6.61 Å². The molecule has 8 heteroatoms. The van der Waals surface area contributed by atoms with Crippen LogP contribution in [0.3, 0.4) is 0 Å². The van der Waals surface area contributed by atoms with Crippen LogP contribution >= 0.6 is 22.9 Å². The molecule has 0 aliphatic rings. The molecule has 3 aromatic rings. The van der Waals surface area contributed by atoms with Crippen molar-refractivity contribution >= 4 is 28.8 Å². The molecule has 0 fully saturated rings. The SMILES string of the molecule is NCC(NC(=O)c1ccc(-c2ccc(Cl)cc2)[nH]1)c1ncc(CO)s1. The third-order valence-corrected chi connectivity index (χ3v) is 5.00. The Hall–Kier alpha value is -2.19. The van der Waals surface area contributed by atoms with Gasteiger partial charge in [0.15, 0.2) is 0 Å². The van der Waals surface area contributed by atoms with Gasteiger partial charge in [-0.1, -0.05) is 23.7 Å². The Morgan fingerprint density at radius 3 is 2.72 bits per heavy atom. The number of nitrogens with one attached hydrogen (secondary N) is 2. The second-order valence-corrected chi connectivity index (χ2v) is 6.96. The summed E-state index contributed by atoms with van der Waals surface area (Å²) in [7, 11) is 0. The molecule has 2 aromatic heterocycles. The predicted octanol–water partition coefficient (Wildman–Crippen LogP) is 2.71. The highest BCUT2D eigenvalue weighted by Crippen LogP contribution is 2.22. The first kappa shape index (κ1) is 17.6. The Morgan fingerprint density at radius 2 is 2.08 bits per heavy atom. The maximum atomic E-state index is 12.5. The second-order valence-electron chi connectivity index (χ2n) is 5.38. The number of hydrogen-bond donors (Lipinski definition) is 4. The average Bonchev–Trinajstić information content (AvgIpc) is 3.29. The van der Waals surface area contributed by atoms with Gasteiger partial charge in [0, 0.05) is 23.5 Å². The number of halogens is 1. The number of aromatic nitrogens is 2. The number of H-pyrrole nitrogens is 1. The van der Waals surface area contributed by atoms with E-state index in [1.54, 1.807) is 24.4 Å². The summed E-state index contributed by atoms with van der Waals surface area (Å²) in [5, 5.41) is 13.3. The first-order valence-corrected chi connectivity index (χ1v) is 8.81. The van der Waals surface area contributed by atoms with Gasteiger partial charge in [-0.2, -0.15) is 0 Å². The molecule has 1 unspecified atom stereocenters. The lowest BCUT2D eigenvalue weighted by molar-refractivity contribution is 0.0933. The maximum Gasteiger partial charge on any atom is 0.268 e. The van der Waals surface area contributed by atoms with Crippen LogP contribution in [0.4, 0.5) is 0 Å². The average molecular weight is 377 g/mol. The van der Waals surface area contributed by atoms with Crippen LogP contribution in [0.1, 0.15) is 26.4 Å². The van der Waals surface area contributed by atoms with Crippen molar-refractivity contribution in [1.29, 1.82) is 0 Å². The summed E-state index contributed by atoms with van der Waals surface area (Å²) in [6.45, 7) is 0.138. The Balaban J connectivity index is 1.73.